The lowest BCUT2D eigenvalue weighted by atomic mass is 10.1. The van der Waals surface area contributed by atoms with Gasteiger partial charge in [0.25, 0.3) is 5.69 Å². The number of carbonyl (C=O) groups is 1. The first-order valence-corrected chi connectivity index (χ1v) is 5.56. The van der Waals surface area contributed by atoms with Crippen molar-refractivity contribution in [3.8, 4) is 0 Å². The Morgan fingerprint density at radius 2 is 2.00 bits per heavy atom. The van der Waals surface area contributed by atoms with Gasteiger partial charge in [-0.1, -0.05) is 18.7 Å². The number of nitro groups is 1. The van der Waals surface area contributed by atoms with Crippen LogP contribution < -0.4 is 0 Å². The van der Waals surface area contributed by atoms with Crippen LogP contribution in [-0.2, 0) is 20.7 Å². The molecule has 6 nitrogen and oxygen atoms in total. The quantitative estimate of drug-likeness (QED) is 0.340. The highest BCUT2D eigenvalue weighted by Gasteiger charge is 2.19. The van der Waals surface area contributed by atoms with E-state index < -0.39 is 10.9 Å². The van der Waals surface area contributed by atoms with Crippen molar-refractivity contribution in [1.29, 1.82) is 0 Å². The fraction of sp³-hybridized carbons (Fsp3) is 0.154. The van der Waals surface area contributed by atoms with Crippen molar-refractivity contribution in [2.75, 3.05) is 0 Å². The van der Waals surface area contributed by atoms with E-state index in [-0.39, 0.29) is 11.6 Å². The summed E-state index contributed by atoms with van der Waals surface area (Å²) >= 11 is 0. The second-order valence-electron chi connectivity index (χ2n) is 3.97. The summed E-state index contributed by atoms with van der Waals surface area (Å²) in [5.41, 5.74) is 1.26. The van der Waals surface area contributed by atoms with Gasteiger partial charge in [0.05, 0.1) is 4.92 Å². The van der Waals surface area contributed by atoms with Crippen molar-refractivity contribution in [3.63, 3.8) is 0 Å². The molecule has 0 N–H and O–H groups in total. The molecule has 6 heteroatoms. The molecular formula is C13H11NO5. The summed E-state index contributed by atoms with van der Waals surface area (Å²) in [5, 5.41) is 10.5. The smallest absolute Gasteiger partial charge is 0.341 e. The third-order valence-electron chi connectivity index (χ3n) is 2.56. The van der Waals surface area contributed by atoms with Crippen LogP contribution >= 0.6 is 0 Å². The van der Waals surface area contributed by atoms with Gasteiger partial charge in [-0.25, -0.2) is 4.79 Å². The molecule has 1 heterocycles. The topological polar surface area (TPSA) is 82.0 Å². The summed E-state index contributed by atoms with van der Waals surface area (Å²) in [6.45, 7) is 3.63. The molecule has 0 atom stereocenters. The van der Waals surface area contributed by atoms with Gasteiger partial charge in [-0.2, -0.15) is 0 Å². The number of esters is 1. The average Bonchev–Trinajstić information content (AvgIpc) is 3.20. The first-order valence-electron chi connectivity index (χ1n) is 5.56. The van der Waals surface area contributed by atoms with E-state index in [1.807, 2.05) is 0 Å². The number of rotatable bonds is 6. The van der Waals surface area contributed by atoms with E-state index in [1.165, 1.54) is 18.4 Å². The van der Waals surface area contributed by atoms with Crippen LogP contribution in [0.5, 0.6) is 0 Å². The maximum absolute atomic E-state index is 11.4. The molecule has 0 saturated heterocycles. The van der Waals surface area contributed by atoms with Crippen LogP contribution in [0.15, 0.2) is 48.6 Å². The molecule has 0 saturated carbocycles. The van der Waals surface area contributed by atoms with Gasteiger partial charge in [0, 0.05) is 17.7 Å². The number of hydrogen-bond donors (Lipinski definition) is 0. The van der Waals surface area contributed by atoms with Crippen LogP contribution in [0.1, 0.15) is 12.0 Å². The Hall–Kier alpha value is -2.63. The van der Waals surface area contributed by atoms with Crippen LogP contribution in [0.2, 0.25) is 0 Å². The van der Waals surface area contributed by atoms with Gasteiger partial charge in [0.2, 0.25) is 0 Å². The zero-order valence-corrected chi connectivity index (χ0v) is 10.00. The zero-order chi connectivity index (χ0) is 13.8. The van der Waals surface area contributed by atoms with E-state index >= 15 is 0 Å². The Morgan fingerprint density at radius 3 is 2.53 bits per heavy atom. The molecule has 2 rings (SSSR count). The molecule has 0 aliphatic carbocycles. The van der Waals surface area contributed by atoms with Gasteiger partial charge in [-0.3, -0.25) is 10.1 Å². The van der Waals surface area contributed by atoms with Gasteiger partial charge in [0.15, 0.2) is 6.26 Å². The van der Waals surface area contributed by atoms with Crippen molar-refractivity contribution in [2.45, 2.75) is 12.8 Å². The molecule has 0 bridgehead atoms. The lowest BCUT2D eigenvalue weighted by molar-refractivity contribution is -0.384. The van der Waals surface area contributed by atoms with Gasteiger partial charge in [0.1, 0.15) is 0 Å². The van der Waals surface area contributed by atoms with E-state index in [1.54, 1.807) is 12.1 Å². The summed E-state index contributed by atoms with van der Waals surface area (Å²) in [5.74, 6) is -0.327. The number of aryl methyl sites for hydroxylation is 1. The van der Waals surface area contributed by atoms with Gasteiger partial charge in [-0.15, -0.1) is 0 Å². The fourth-order valence-corrected chi connectivity index (χ4v) is 1.42. The largest absolute Gasteiger partial charge is 0.424 e. The lowest BCUT2D eigenvalue weighted by Gasteiger charge is -2.03. The number of nitro benzene ring substituents is 1. The summed E-state index contributed by atoms with van der Waals surface area (Å²) < 4.78 is 9.34. The maximum atomic E-state index is 11.4. The second-order valence-corrected chi connectivity index (χ2v) is 3.97. The van der Waals surface area contributed by atoms with E-state index in [0.717, 1.165) is 5.56 Å². The normalized spacial score (nSPS) is 12.1. The maximum Gasteiger partial charge on any atom is 0.341 e. The molecule has 1 aromatic carbocycles. The number of nitrogens with zero attached hydrogens (tertiary/aromatic N) is 1. The predicted octanol–water partition coefficient (Wildman–Crippen LogP) is 2.46. The minimum absolute atomic E-state index is 0.0415. The van der Waals surface area contributed by atoms with Crippen molar-refractivity contribution in [1.82, 2.24) is 0 Å². The highest BCUT2D eigenvalue weighted by Crippen LogP contribution is 2.18. The van der Waals surface area contributed by atoms with Crippen LogP contribution in [0.25, 0.3) is 0 Å². The average molecular weight is 261 g/mol. The van der Waals surface area contributed by atoms with Gasteiger partial charge < -0.3 is 9.47 Å². The van der Waals surface area contributed by atoms with Crippen LogP contribution in [0, 0.1) is 10.1 Å². The van der Waals surface area contributed by atoms with Crippen molar-refractivity contribution < 1.29 is 19.2 Å². The summed E-state index contributed by atoms with van der Waals surface area (Å²) in [7, 11) is 0. The molecule has 19 heavy (non-hydrogen) atoms. The number of ether oxygens (including phenoxy) is 2. The number of non-ortho nitro benzene ring substituents is 1. The molecule has 0 aromatic heterocycles. The van der Waals surface area contributed by atoms with Crippen LogP contribution in [-0.4, -0.2) is 10.9 Å². The van der Waals surface area contributed by atoms with E-state index in [0.29, 0.717) is 18.4 Å². The standard InChI is InChI=1S/C13H11NO5/c1-9(13(15)19-12-8-18-12)2-3-10-4-6-11(7-5-10)14(16)17/h4-8H,1-3H2. The summed E-state index contributed by atoms with van der Waals surface area (Å²) in [6.07, 6.45) is 2.30. The summed E-state index contributed by atoms with van der Waals surface area (Å²) in [4.78, 5) is 21.5. The van der Waals surface area contributed by atoms with Gasteiger partial charge >= 0.3 is 11.9 Å². The van der Waals surface area contributed by atoms with Crippen molar-refractivity contribution >= 4 is 11.7 Å². The highest BCUT2D eigenvalue weighted by molar-refractivity contribution is 5.88. The molecular weight excluding hydrogens is 250 g/mol. The number of carbonyl (C=O) groups excluding carboxylic acids is 1. The molecule has 1 aromatic rings. The molecule has 0 unspecified atom stereocenters. The highest BCUT2D eigenvalue weighted by atomic mass is 16.7. The fourth-order valence-electron chi connectivity index (χ4n) is 1.42. The zero-order valence-electron chi connectivity index (χ0n) is 10.00. The Balaban J connectivity index is 1.83. The third-order valence-corrected chi connectivity index (χ3v) is 2.56. The van der Waals surface area contributed by atoms with Gasteiger partial charge in [-0.05, 0) is 18.4 Å². The Kier molecular flexibility index (Phi) is 3.61. The Morgan fingerprint density at radius 1 is 1.37 bits per heavy atom. The monoisotopic (exact) mass is 261 g/mol. The van der Waals surface area contributed by atoms with E-state index in [4.69, 9.17) is 4.74 Å². The van der Waals surface area contributed by atoms with Crippen molar-refractivity contribution in [2.24, 2.45) is 0 Å². The predicted molar refractivity (Wildman–Crippen MR) is 65.8 cm³/mol. The number of benzene rings is 1. The molecule has 1 aliphatic heterocycles. The molecule has 1 aliphatic rings. The molecule has 0 spiro atoms. The molecule has 0 fully saturated rings. The first kappa shape index (κ1) is 12.8. The third kappa shape index (κ3) is 3.67. The minimum atomic E-state index is -0.523. The van der Waals surface area contributed by atoms with Crippen LogP contribution in [0.4, 0.5) is 5.69 Å². The molecule has 0 radical (unpaired) electrons. The molecule has 0 amide bonds. The number of hydrogen-bond acceptors (Lipinski definition) is 5. The second kappa shape index (κ2) is 5.34. The SMILES string of the molecule is C=C(CCc1ccc([N+](=O)[O-])cc1)C(=O)OC1=CO1. The van der Waals surface area contributed by atoms with Crippen LogP contribution in [0.3, 0.4) is 0 Å². The Labute approximate surface area is 109 Å². The summed E-state index contributed by atoms with van der Waals surface area (Å²) in [6, 6.07) is 6.17. The first-order chi connectivity index (χ1) is 9.06. The lowest BCUT2D eigenvalue weighted by Crippen LogP contribution is -2.05. The Bertz CT molecular complexity index is 559. The molecule has 98 valence electrons. The van der Waals surface area contributed by atoms with E-state index in [9.17, 15) is 14.9 Å². The minimum Gasteiger partial charge on any atom is -0.424 e. The van der Waals surface area contributed by atoms with E-state index in [2.05, 4.69) is 11.3 Å². The van der Waals surface area contributed by atoms with Crippen molar-refractivity contribution in [3.05, 3.63) is 64.3 Å².